The van der Waals surface area contributed by atoms with Gasteiger partial charge in [-0.1, -0.05) is 11.6 Å². The maximum atomic E-state index is 12.6. The largest absolute Gasteiger partial charge is 0.480 e. The van der Waals surface area contributed by atoms with Gasteiger partial charge < -0.3 is 15.4 Å². The lowest BCUT2D eigenvalue weighted by Gasteiger charge is -2.29. The van der Waals surface area contributed by atoms with Crippen LogP contribution in [0.25, 0.3) is 0 Å². The van der Waals surface area contributed by atoms with Crippen molar-refractivity contribution in [2.75, 3.05) is 19.0 Å². The van der Waals surface area contributed by atoms with Gasteiger partial charge in [-0.05, 0) is 51.5 Å². The molecule has 1 amide bonds. The molecule has 6 nitrogen and oxygen atoms in total. The number of aromatic nitrogens is 2. The van der Waals surface area contributed by atoms with E-state index in [2.05, 4.69) is 27.5 Å². The van der Waals surface area contributed by atoms with Gasteiger partial charge in [0.25, 0.3) is 5.91 Å². The summed E-state index contributed by atoms with van der Waals surface area (Å²) in [5.74, 6) is 0.714. The van der Waals surface area contributed by atoms with E-state index in [1.54, 1.807) is 17.4 Å². The van der Waals surface area contributed by atoms with E-state index in [0.29, 0.717) is 22.4 Å². The highest BCUT2D eigenvalue weighted by molar-refractivity contribution is 7.15. The van der Waals surface area contributed by atoms with E-state index in [0.717, 1.165) is 43.1 Å². The first-order chi connectivity index (χ1) is 13.0. The summed E-state index contributed by atoms with van der Waals surface area (Å²) < 4.78 is 5.17. The van der Waals surface area contributed by atoms with Crippen molar-refractivity contribution in [2.24, 2.45) is 5.92 Å². The van der Waals surface area contributed by atoms with Crippen molar-refractivity contribution >= 4 is 34.0 Å². The Balaban J connectivity index is 1.48. The van der Waals surface area contributed by atoms with Crippen LogP contribution in [0.3, 0.4) is 0 Å². The molecule has 1 saturated carbocycles. The summed E-state index contributed by atoms with van der Waals surface area (Å²) in [4.78, 5) is 22.4. The number of nitrogens with one attached hydrogen (secondary N) is 2. The molecule has 0 saturated heterocycles. The molecule has 2 aromatic rings. The van der Waals surface area contributed by atoms with Gasteiger partial charge in [-0.15, -0.1) is 11.3 Å². The molecule has 0 unspecified atom stereocenters. The topological polar surface area (TPSA) is 76.1 Å². The lowest BCUT2D eigenvalue weighted by molar-refractivity contribution is 0.0919. The van der Waals surface area contributed by atoms with E-state index in [1.807, 2.05) is 6.92 Å². The number of methoxy groups -OCH3 is 1. The van der Waals surface area contributed by atoms with Crippen molar-refractivity contribution < 1.29 is 9.53 Å². The van der Waals surface area contributed by atoms with Crippen LogP contribution in [-0.4, -0.2) is 35.6 Å². The Kier molecular flexibility index (Phi) is 6.55. The molecule has 0 spiro atoms. The number of rotatable bonds is 6. The summed E-state index contributed by atoms with van der Waals surface area (Å²) in [5.41, 5.74) is 1.48. The molecule has 3 rings (SSSR count). The van der Waals surface area contributed by atoms with Gasteiger partial charge in [-0.25, -0.2) is 9.97 Å². The number of nitrogens with zero attached hydrogens (tertiary/aromatic N) is 2. The van der Waals surface area contributed by atoms with Crippen molar-refractivity contribution in [3.63, 3.8) is 0 Å². The van der Waals surface area contributed by atoms with Crippen molar-refractivity contribution in [1.29, 1.82) is 0 Å². The first-order valence-corrected chi connectivity index (χ1v) is 10.3. The van der Waals surface area contributed by atoms with Crippen LogP contribution in [0.2, 0.25) is 5.02 Å². The van der Waals surface area contributed by atoms with E-state index < -0.39 is 0 Å². The lowest BCUT2D eigenvalue weighted by Crippen LogP contribution is -2.38. The minimum Gasteiger partial charge on any atom is -0.480 e. The molecule has 1 aliphatic carbocycles. The third kappa shape index (κ3) is 5.11. The maximum absolute atomic E-state index is 12.6. The van der Waals surface area contributed by atoms with Gasteiger partial charge in [0, 0.05) is 23.7 Å². The van der Waals surface area contributed by atoms with Crippen LogP contribution in [0, 0.1) is 19.8 Å². The number of aryl methyl sites for hydroxylation is 2. The minimum atomic E-state index is -0.183. The molecule has 2 N–H and O–H groups in total. The van der Waals surface area contributed by atoms with E-state index in [9.17, 15) is 4.79 Å². The first kappa shape index (κ1) is 19.9. The van der Waals surface area contributed by atoms with Crippen LogP contribution in [0.4, 0.5) is 5.13 Å². The molecule has 2 aromatic heterocycles. The number of hydrogen-bond donors (Lipinski definition) is 2. The fraction of sp³-hybridized carbons (Fsp3) is 0.526. The average Bonchev–Trinajstić information content (AvgIpc) is 2.99. The van der Waals surface area contributed by atoms with E-state index in [1.165, 1.54) is 18.2 Å². The highest BCUT2D eigenvalue weighted by Gasteiger charge is 2.24. The number of amides is 1. The Morgan fingerprint density at radius 1 is 1.33 bits per heavy atom. The van der Waals surface area contributed by atoms with Gasteiger partial charge in [0.05, 0.1) is 17.8 Å². The monoisotopic (exact) mass is 408 g/mol. The first-order valence-electron chi connectivity index (χ1n) is 9.14. The lowest BCUT2D eigenvalue weighted by atomic mass is 9.86. The summed E-state index contributed by atoms with van der Waals surface area (Å²) in [5, 5.41) is 7.97. The number of carbonyl (C=O) groups excluding carboxylic acids is 1. The molecule has 1 fully saturated rings. The number of hydrogen-bond acceptors (Lipinski definition) is 6. The molecule has 1 aliphatic rings. The summed E-state index contributed by atoms with van der Waals surface area (Å²) in [7, 11) is 1.50. The van der Waals surface area contributed by atoms with Crippen molar-refractivity contribution in [3.05, 3.63) is 33.4 Å². The molecule has 27 heavy (non-hydrogen) atoms. The highest BCUT2D eigenvalue weighted by atomic mass is 35.5. The minimum absolute atomic E-state index is 0.168. The van der Waals surface area contributed by atoms with Gasteiger partial charge in [-0.2, -0.15) is 0 Å². The smallest absolute Gasteiger partial charge is 0.257 e. The molecule has 0 atom stereocenters. The third-order valence-electron chi connectivity index (χ3n) is 5.01. The Morgan fingerprint density at radius 3 is 2.70 bits per heavy atom. The van der Waals surface area contributed by atoms with E-state index in [4.69, 9.17) is 16.3 Å². The fourth-order valence-electron chi connectivity index (χ4n) is 3.31. The quantitative estimate of drug-likeness (QED) is 0.748. The second-order valence-electron chi connectivity index (χ2n) is 6.94. The molecule has 0 aromatic carbocycles. The number of ether oxygens (including phenoxy) is 1. The van der Waals surface area contributed by atoms with E-state index in [-0.39, 0.29) is 11.9 Å². The fourth-order valence-corrected chi connectivity index (χ4v) is 4.29. The Hall–Kier alpha value is -1.86. The van der Waals surface area contributed by atoms with Crippen LogP contribution in [-0.2, 0) is 0 Å². The van der Waals surface area contributed by atoms with Crippen molar-refractivity contribution in [1.82, 2.24) is 15.3 Å². The summed E-state index contributed by atoms with van der Waals surface area (Å²) in [6, 6.07) is 1.76. The second-order valence-corrected chi connectivity index (χ2v) is 8.58. The maximum Gasteiger partial charge on any atom is 0.257 e. The van der Waals surface area contributed by atoms with Crippen molar-refractivity contribution in [2.45, 2.75) is 45.6 Å². The third-order valence-corrected chi connectivity index (χ3v) is 6.25. The number of thiazole rings is 1. The molecule has 0 radical (unpaired) electrons. The SMILES string of the molecule is COc1ncc(Cl)cc1C(=O)N[C@H]1CC[C@H](CNc2nc(C)c(C)s2)CC1. The zero-order chi connectivity index (χ0) is 19.4. The van der Waals surface area contributed by atoms with Gasteiger partial charge in [0.1, 0.15) is 5.56 Å². The van der Waals surface area contributed by atoms with Gasteiger partial charge in [0.2, 0.25) is 5.88 Å². The number of anilines is 1. The van der Waals surface area contributed by atoms with Gasteiger partial charge >= 0.3 is 0 Å². The molecule has 2 heterocycles. The normalized spacial score (nSPS) is 19.6. The standard InChI is InChI=1S/C19H25ClN4O2S/c1-11-12(2)27-19(23-11)22-9-13-4-6-15(7-5-13)24-17(25)16-8-14(20)10-21-18(16)26-3/h8,10,13,15H,4-7,9H2,1-3H3,(H,22,23)(H,24,25)/t13-,15-. The molecule has 0 bridgehead atoms. The molecule has 8 heteroatoms. The van der Waals surface area contributed by atoms with Gasteiger partial charge in [-0.3, -0.25) is 4.79 Å². The summed E-state index contributed by atoms with van der Waals surface area (Å²) in [6.45, 7) is 5.06. The Bertz CT molecular complexity index is 784. The number of carbonyl (C=O) groups is 1. The van der Waals surface area contributed by atoms with Crippen LogP contribution in [0.5, 0.6) is 5.88 Å². The Labute approximate surface area is 168 Å². The second kappa shape index (κ2) is 8.89. The van der Waals surface area contributed by atoms with Gasteiger partial charge in [0.15, 0.2) is 5.13 Å². The zero-order valence-electron chi connectivity index (χ0n) is 15.8. The van der Waals surface area contributed by atoms with Crippen LogP contribution in [0.1, 0.15) is 46.6 Å². The number of pyridine rings is 1. The summed E-state index contributed by atoms with van der Waals surface area (Å²) >= 11 is 7.67. The van der Waals surface area contributed by atoms with E-state index >= 15 is 0 Å². The van der Waals surface area contributed by atoms with Crippen LogP contribution < -0.4 is 15.4 Å². The predicted molar refractivity (Wildman–Crippen MR) is 109 cm³/mol. The number of halogens is 1. The Morgan fingerprint density at radius 2 is 2.07 bits per heavy atom. The zero-order valence-corrected chi connectivity index (χ0v) is 17.4. The molecular formula is C19H25ClN4O2S. The predicted octanol–water partition coefficient (Wildman–Crippen LogP) is 4.22. The van der Waals surface area contributed by atoms with Crippen LogP contribution >= 0.6 is 22.9 Å². The van der Waals surface area contributed by atoms with Crippen molar-refractivity contribution in [3.8, 4) is 5.88 Å². The highest BCUT2D eigenvalue weighted by Crippen LogP contribution is 2.27. The van der Waals surface area contributed by atoms with Crippen LogP contribution in [0.15, 0.2) is 12.3 Å². The average molecular weight is 409 g/mol. The molecule has 146 valence electrons. The molecular weight excluding hydrogens is 384 g/mol. The molecule has 0 aliphatic heterocycles. The summed E-state index contributed by atoms with van der Waals surface area (Å²) in [6.07, 6.45) is 5.55.